The zero-order valence-electron chi connectivity index (χ0n) is 15.5. The van der Waals surface area contributed by atoms with Gasteiger partial charge in [0, 0.05) is 23.2 Å². The number of ether oxygens (including phenoxy) is 1. The molecule has 140 valence electrons. The Labute approximate surface area is 157 Å². The second-order valence-electron chi connectivity index (χ2n) is 6.83. The van der Waals surface area contributed by atoms with E-state index in [1.54, 1.807) is 26.0 Å². The lowest BCUT2D eigenvalue weighted by Crippen LogP contribution is -2.35. The van der Waals surface area contributed by atoms with Crippen LogP contribution in [0.15, 0.2) is 40.9 Å². The number of nitrogens with one attached hydrogen (secondary N) is 1. The average Bonchev–Trinajstić information content (AvgIpc) is 2.53. The third-order valence-electron chi connectivity index (χ3n) is 4.53. The summed E-state index contributed by atoms with van der Waals surface area (Å²) in [6.07, 6.45) is 2.14. The van der Waals surface area contributed by atoms with Gasteiger partial charge in [-0.05, 0) is 40.2 Å². The van der Waals surface area contributed by atoms with E-state index in [9.17, 15) is 14.7 Å². The van der Waals surface area contributed by atoms with Gasteiger partial charge in [-0.25, -0.2) is 14.6 Å². The van der Waals surface area contributed by atoms with Crippen LogP contribution in [0, 0.1) is 0 Å². The molecule has 1 aliphatic heterocycles. The number of hydrogen-bond acceptors (Lipinski definition) is 5. The van der Waals surface area contributed by atoms with E-state index in [1.807, 2.05) is 20.8 Å². The highest BCUT2D eigenvalue weighted by Crippen LogP contribution is 2.41. The summed E-state index contributed by atoms with van der Waals surface area (Å²) >= 11 is 6.23. The first-order valence-corrected chi connectivity index (χ1v) is 8.72. The first-order chi connectivity index (χ1) is 12.1. The first-order valence-electron chi connectivity index (χ1n) is 8.34. The van der Waals surface area contributed by atoms with Crippen LogP contribution >= 0.6 is 11.6 Å². The van der Waals surface area contributed by atoms with E-state index in [4.69, 9.17) is 16.3 Å². The molecule has 2 N–H and O–H groups in total. The monoisotopic (exact) mass is 378 g/mol. The Morgan fingerprint density at radius 3 is 2.46 bits per heavy atom. The topological polar surface area (TPSA) is 88.5 Å². The number of allylic oxidation sites excluding steroid dienone is 2. The number of rotatable bonds is 5. The van der Waals surface area contributed by atoms with E-state index in [0.29, 0.717) is 23.4 Å². The Morgan fingerprint density at radius 1 is 1.31 bits per heavy atom. The standard InChI is InChI=1S/C19H23ClN2O4/c1-6-19(4,5)26-18(25)14-11(3)22-10(2)13(17(23)24)15(14)12-8-7-9-21-16(12)20/h7-9,15,22H,6H2,1-5H3,(H,23,24). The zero-order valence-corrected chi connectivity index (χ0v) is 16.3. The second kappa shape index (κ2) is 7.50. The number of dihydropyridines is 1. The van der Waals surface area contributed by atoms with Crippen molar-refractivity contribution >= 4 is 23.5 Å². The molecule has 6 nitrogen and oxygen atoms in total. The summed E-state index contributed by atoms with van der Waals surface area (Å²) in [5.74, 6) is -2.57. The van der Waals surface area contributed by atoms with Crippen LogP contribution in [0.4, 0.5) is 0 Å². The van der Waals surface area contributed by atoms with E-state index in [-0.39, 0.29) is 16.3 Å². The number of carbonyl (C=O) groups is 2. The molecular formula is C19H23ClN2O4. The van der Waals surface area contributed by atoms with Gasteiger partial charge in [-0.1, -0.05) is 24.6 Å². The number of halogens is 1. The molecule has 1 aromatic rings. The number of nitrogens with zero attached hydrogens (tertiary/aromatic N) is 1. The third kappa shape index (κ3) is 3.90. The zero-order chi connectivity index (χ0) is 19.6. The van der Waals surface area contributed by atoms with Gasteiger partial charge in [0.15, 0.2) is 0 Å². The number of pyridine rings is 1. The normalized spacial score (nSPS) is 17.8. The summed E-state index contributed by atoms with van der Waals surface area (Å²) in [5, 5.41) is 12.9. The summed E-state index contributed by atoms with van der Waals surface area (Å²) in [4.78, 5) is 28.9. The maximum Gasteiger partial charge on any atom is 0.337 e. The Bertz CT molecular complexity index is 812. The summed E-state index contributed by atoms with van der Waals surface area (Å²) in [6.45, 7) is 8.90. The summed E-state index contributed by atoms with van der Waals surface area (Å²) in [7, 11) is 0. The van der Waals surface area contributed by atoms with Crippen molar-refractivity contribution in [1.29, 1.82) is 0 Å². The van der Waals surface area contributed by atoms with E-state index in [2.05, 4.69) is 10.3 Å². The molecule has 0 radical (unpaired) electrons. The fourth-order valence-electron chi connectivity index (χ4n) is 2.85. The molecule has 1 atom stereocenters. The average molecular weight is 379 g/mol. The lowest BCUT2D eigenvalue weighted by molar-refractivity contribution is -0.152. The molecule has 0 spiro atoms. The fraction of sp³-hybridized carbons (Fsp3) is 0.421. The number of hydrogen-bond donors (Lipinski definition) is 2. The minimum atomic E-state index is -1.13. The van der Waals surface area contributed by atoms with Gasteiger partial charge in [0.1, 0.15) is 10.8 Å². The van der Waals surface area contributed by atoms with E-state index >= 15 is 0 Å². The van der Waals surface area contributed by atoms with Gasteiger partial charge in [-0.2, -0.15) is 0 Å². The summed E-state index contributed by atoms with van der Waals surface area (Å²) in [5.41, 5.74) is 1.04. The molecule has 1 aliphatic rings. The van der Waals surface area contributed by atoms with Gasteiger partial charge < -0.3 is 15.2 Å². The minimum Gasteiger partial charge on any atom is -0.478 e. The van der Waals surface area contributed by atoms with Crippen LogP contribution in [0.1, 0.15) is 52.5 Å². The van der Waals surface area contributed by atoms with Crippen molar-refractivity contribution in [3.05, 3.63) is 51.6 Å². The fourth-order valence-corrected chi connectivity index (χ4v) is 3.08. The molecule has 0 fully saturated rings. The van der Waals surface area contributed by atoms with Crippen molar-refractivity contribution in [2.45, 2.75) is 52.6 Å². The van der Waals surface area contributed by atoms with E-state index in [1.165, 1.54) is 6.20 Å². The van der Waals surface area contributed by atoms with Crippen LogP contribution in [0.3, 0.4) is 0 Å². The summed E-state index contributed by atoms with van der Waals surface area (Å²) in [6, 6.07) is 3.33. The predicted octanol–water partition coefficient (Wildman–Crippen LogP) is 3.79. The number of carboxylic acids is 1. The largest absolute Gasteiger partial charge is 0.478 e. The van der Waals surface area contributed by atoms with Crippen LogP contribution in [-0.2, 0) is 14.3 Å². The van der Waals surface area contributed by atoms with Crippen molar-refractivity contribution < 1.29 is 19.4 Å². The van der Waals surface area contributed by atoms with Gasteiger partial charge in [-0.3, -0.25) is 0 Å². The van der Waals surface area contributed by atoms with Crippen LogP contribution in [0.2, 0.25) is 5.15 Å². The van der Waals surface area contributed by atoms with Gasteiger partial charge in [0.25, 0.3) is 0 Å². The minimum absolute atomic E-state index is 0.0479. The van der Waals surface area contributed by atoms with Crippen LogP contribution in [0.5, 0.6) is 0 Å². The smallest absolute Gasteiger partial charge is 0.337 e. The second-order valence-corrected chi connectivity index (χ2v) is 7.18. The molecule has 7 heteroatoms. The maximum atomic E-state index is 13.0. The quantitative estimate of drug-likeness (QED) is 0.598. The van der Waals surface area contributed by atoms with Crippen molar-refractivity contribution in [2.75, 3.05) is 0 Å². The Kier molecular flexibility index (Phi) is 5.76. The van der Waals surface area contributed by atoms with Crippen LogP contribution < -0.4 is 5.32 Å². The number of carbonyl (C=O) groups excluding carboxylic acids is 1. The molecule has 0 amide bonds. The molecule has 0 bridgehead atoms. The van der Waals surface area contributed by atoms with E-state index < -0.39 is 23.5 Å². The maximum absolute atomic E-state index is 13.0. The lowest BCUT2D eigenvalue weighted by atomic mass is 9.81. The number of esters is 1. The first kappa shape index (κ1) is 20.0. The highest BCUT2D eigenvalue weighted by Gasteiger charge is 2.39. The van der Waals surface area contributed by atoms with Crippen LogP contribution in [-0.4, -0.2) is 27.6 Å². The van der Waals surface area contributed by atoms with Crippen LogP contribution in [0.25, 0.3) is 0 Å². The number of carboxylic acid groups (broad SMARTS) is 1. The molecular weight excluding hydrogens is 356 g/mol. The van der Waals surface area contributed by atoms with Gasteiger partial charge in [0.2, 0.25) is 0 Å². The van der Waals surface area contributed by atoms with Gasteiger partial charge >= 0.3 is 11.9 Å². The third-order valence-corrected chi connectivity index (χ3v) is 4.85. The van der Waals surface area contributed by atoms with Crippen molar-refractivity contribution in [3.8, 4) is 0 Å². The van der Waals surface area contributed by atoms with Gasteiger partial charge in [0.05, 0.1) is 17.1 Å². The SMILES string of the molecule is CCC(C)(C)OC(=O)C1=C(C)NC(C)=C(C(=O)O)C1c1cccnc1Cl. The Hall–Kier alpha value is -2.34. The predicted molar refractivity (Wildman–Crippen MR) is 98.6 cm³/mol. The highest BCUT2D eigenvalue weighted by atomic mass is 35.5. The highest BCUT2D eigenvalue weighted by molar-refractivity contribution is 6.30. The number of aromatic nitrogens is 1. The van der Waals surface area contributed by atoms with Crippen molar-refractivity contribution in [2.24, 2.45) is 0 Å². The van der Waals surface area contributed by atoms with E-state index in [0.717, 1.165) is 0 Å². The molecule has 1 unspecified atom stereocenters. The summed E-state index contributed by atoms with van der Waals surface area (Å²) < 4.78 is 5.64. The molecule has 2 rings (SSSR count). The molecule has 1 aromatic heterocycles. The molecule has 0 saturated heterocycles. The molecule has 0 saturated carbocycles. The Balaban J connectivity index is 2.64. The molecule has 0 aromatic carbocycles. The number of aliphatic carboxylic acids is 1. The Morgan fingerprint density at radius 2 is 1.92 bits per heavy atom. The van der Waals surface area contributed by atoms with Crippen molar-refractivity contribution in [1.82, 2.24) is 10.3 Å². The molecule has 2 heterocycles. The van der Waals surface area contributed by atoms with Gasteiger partial charge in [-0.15, -0.1) is 0 Å². The molecule has 26 heavy (non-hydrogen) atoms. The lowest BCUT2D eigenvalue weighted by Gasteiger charge is -2.32. The molecule has 0 aliphatic carbocycles. The van der Waals surface area contributed by atoms with Crippen molar-refractivity contribution in [3.63, 3.8) is 0 Å².